The summed E-state index contributed by atoms with van der Waals surface area (Å²) in [5.41, 5.74) is 2.18. The molecule has 166 valence electrons. The van der Waals surface area contributed by atoms with Crippen molar-refractivity contribution in [2.75, 3.05) is 18.5 Å². The van der Waals surface area contributed by atoms with Gasteiger partial charge in [0.2, 0.25) is 11.8 Å². The van der Waals surface area contributed by atoms with Crippen molar-refractivity contribution in [1.29, 1.82) is 0 Å². The fraction of sp³-hybridized carbons (Fsp3) is 0.375. The quantitative estimate of drug-likeness (QED) is 0.545. The highest BCUT2D eigenvalue weighted by Crippen LogP contribution is 2.15. The number of carbonyl (C=O) groups is 3. The number of amides is 3. The van der Waals surface area contributed by atoms with Crippen LogP contribution in [0.25, 0.3) is 0 Å². The van der Waals surface area contributed by atoms with E-state index in [1.165, 1.54) is 0 Å². The minimum absolute atomic E-state index is 0.157. The van der Waals surface area contributed by atoms with Gasteiger partial charge in [0.25, 0.3) is 5.91 Å². The topological polar surface area (TPSA) is 96.5 Å². The Morgan fingerprint density at radius 2 is 1.65 bits per heavy atom. The van der Waals surface area contributed by atoms with Gasteiger partial charge in [0.1, 0.15) is 11.8 Å². The molecule has 0 saturated heterocycles. The number of hydrogen-bond acceptors (Lipinski definition) is 4. The van der Waals surface area contributed by atoms with Gasteiger partial charge in [-0.3, -0.25) is 14.4 Å². The van der Waals surface area contributed by atoms with E-state index in [1.807, 2.05) is 52.0 Å². The first kappa shape index (κ1) is 23.9. The van der Waals surface area contributed by atoms with Gasteiger partial charge in [0.05, 0.1) is 13.2 Å². The number of rotatable bonds is 10. The van der Waals surface area contributed by atoms with E-state index >= 15 is 0 Å². The summed E-state index contributed by atoms with van der Waals surface area (Å²) in [7, 11) is 0. The standard InChI is InChI=1S/C24H31N3O4/c1-5-17-9-7-8-10-20(17)26-21(28)15-25-24(30)22(16(3)4)27-23(29)18-11-13-19(14-12-18)31-6-2/h7-14,16,22H,5-6,15H2,1-4H3,(H,25,30)(H,26,28)(H,27,29)/t22-/m0/s1. The summed E-state index contributed by atoms with van der Waals surface area (Å²) in [5, 5.41) is 8.19. The summed E-state index contributed by atoms with van der Waals surface area (Å²) < 4.78 is 5.38. The fourth-order valence-corrected chi connectivity index (χ4v) is 3.05. The van der Waals surface area contributed by atoms with Crippen LogP contribution >= 0.6 is 0 Å². The lowest BCUT2D eigenvalue weighted by atomic mass is 10.0. The number of nitrogens with one attached hydrogen (secondary N) is 3. The summed E-state index contributed by atoms with van der Waals surface area (Å²) >= 11 is 0. The Morgan fingerprint density at radius 3 is 2.26 bits per heavy atom. The molecule has 2 aromatic rings. The fourth-order valence-electron chi connectivity index (χ4n) is 3.05. The second-order valence-electron chi connectivity index (χ2n) is 7.43. The first-order chi connectivity index (χ1) is 14.8. The molecule has 3 N–H and O–H groups in total. The average molecular weight is 426 g/mol. The number of anilines is 1. The number of benzene rings is 2. The second-order valence-corrected chi connectivity index (χ2v) is 7.43. The normalized spacial score (nSPS) is 11.5. The van der Waals surface area contributed by atoms with Crippen LogP contribution in [-0.2, 0) is 16.0 Å². The third-order valence-corrected chi connectivity index (χ3v) is 4.76. The van der Waals surface area contributed by atoms with Gasteiger partial charge in [-0.1, -0.05) is 39.0 Å². The van der Waals surface area contributed by atoms with E-state index in [1.54, 1.807) is 24.3 Å². The third-order valence-electron chi connectivity index (χ3n) is 4.76. The number of carbonyl (C=O) groups excluding carboxylic acids is 3. The van der Waals surface area contributed by atoms with E-state index in [2.05, 4.69) is 16.0 Å². The molecule has 0 fully saturated rings. The van der Waals surface area contributed by atoms with Gasteiger partial charge in [-0.25, -0.2) is 0 Å². The van der Waals surface area contributed by atoms with E-state index in [9.17, 15) is 14.4 Å². The van der Waals surface area contributed by atoms with E-state index < -0.39 is 11.9 Å². The molecule has 2 rings (SSSR count). The minimum Gasteiger partial charge on any atom is -0.494 e. The maximum absolute atomic E-state index is 12.6. The highest BCUT2D eigenvalue weighted by molar-refractivity contribution is 5.99. The van der Waals surface area contributed by atoms with Crippen molar-refractivity contribution in [3.63, 3.8) is 0 Å². The summed E-state index contributed by atoms with van der Waals surface area (Å²) in [5.74, 6) is -0.579. The van der Waals surface area contributed by atoms with E-state index in [0.717, 1.165) is 17.7 Å². The molecular weight excluding hydrogens is 394 g/mol. The average Bonchev–Trinajstić information content (AvgIpc) is 2.76. The number of para-hydroxylation sites is 1. The molecular formula is C24H31N3O4. The zero-order valence-corrected chi connectivity index (χ0v) is 18.5. The van der Waals surface area contributed by atoms with Crippen LogP contribution in [0, 0.1) is 5.92 Å². The van der Waals surface area contributed by atoms with Crippen molar-refractivity contribution in [2.24, 2.45) is 5.92 Å². The van der Waals surface area contributed by atoms with Crippen molar-refractivity contribution in [2.45, 2.75) is 40.2 Å². The van der Waals surface area contributed by atoms with Crippen molar-refractivity contribution >= 4 is 23.4 Å². The molecule has 0 heterocycles. The molecule has 0 radical (unpaired) electrons. The van der Waals surface area contributed by atoms with Crippen LogP contribution in [0.4, 0.5) is 5.69 Å². The Kier molecular flexibility index (Phi) is 9.06. The van der Waals surface area contributed by atoms with Gasteiger partial charge in [0.15, 0.2) is 0 Å². The lowest BCUT2D eigenvalue weighted by molar-refractivity contribution is -0.126. The minimum atomic E-state index is -0.769. The van der Waals surface area contributed by atoms with Crippen LogP contribution in [0.5, 0.6) is 5.75 Å². The van der Waals surface area contributed by atoms with Crippen LogP contribution in [-0.4, -0.2) is 36.9 Å². The highest BCUT2D eigenvalue weighted by Gasteiger charge is 2.25. The Hall–Kier alpha value is -3.35. The van der Waals surface area contributed by atoms with E-state index in [4.69, 9.17) is 4.74 Å². The van der Waals surface area contributed by atoms with E-state index in [0.29, 0.717) is 17.9 Å². The van der Waals surface area contributed by atoms with Gasteiger partial charge in [-0.15, -0.1) is 0 Å². The maximum Gasteiger partial charge on any atom is 0.251 e. The van der Waals surface area contributed by atoms with Crippen LogP contribution in [0.1, 0.15) is 43.6 Å². The Bertz CT molecular complexity index is 894. The predicted octanol–water partition coefficient (Wildman–Crippen LogP) is 3.16. The molecule has 0 spiro atoms. The van der Waals surface area contributed by atoms with Crippen LogP contribution in [0.2, 0.25) is 0 Å². The van der Waals surface area contributed by atoms with Crippen molar-refractivity contribution in [1.82, 2.24) is 10.6 Å². The lowest BCUT2D eigenvalue weighted by Gasteiger charge is -2.22. The van der Waals surface area contributed by atoms with Gasteiger partial charge >= 0.3 is 0 Å². The monoisotopic (exact) mass is 425 g/mol. The van der Waals surface area contributed by atoms with Gasteiger partial charge in [-0.05, 0) is 55.2 Å². The van der Waals surface area contributed by atoms with Crippen molar-refractivity contribution < 1.29 is 19.1 Å². The van der Waals surface area contributed by atoms with Gasteiger partial charge < -0.3 is 20.7 Å². The Balaban J connectivity index is 1.93. The molecule has 0 aromatic heterocycles. The van der Waals surface area contributed by atoms with E-state index in [-0.39, 0.29) is 24.3 Å². The highest BCUT2D eigenvalue weighted by atomic mass is 16.5. The first-order valence-electron chi connectivity index (χ1n) is 10.5. The second kappa shape index (κ2) is 11.7. The molecule has 0 bridgehead atoms. The molecule has 7 nitrogen and oxygen atoms in total. The zero-order chi connectivity index (χ0) is 22.8. The van der Waals surface area contributed by atoms with Crippen LogP contribution in [0.15, 0.2) is 48.5 Å². The molecule has 0 aliphatic rings. The molecule has 0 aliphatic carbocycles. The summed E-state index contributed by atoms with van der Waals surface area (Å²) in [6, 6.07) is 13.5. The third kappa shape index (κ3) is 7.13. The SMILES string of the molecule is CCOc1ccc(C(=O)N[C@H](C(=O)NCC(=O)Nc2ccccc2CC)C(C)C)cc1. The lowest BCUT2D eigenvalue weighted by Crippen LogP contribution is -2.51. The molecule has 2 aromatic carbocycles. The van der Waals surface area contributed by atoms with Gasteiger partial charge in [0, 0.05) is 11.3 Å². The molecule has 0 aliphatic heterocycles. The molecule has 0 saturated carbocycles. The number of ether oxygens (including phenoxy) is 1. The van der Waals surface area contributed by atoms with Crippen LogP contribution in [0.3, 0.4) is 0 Å². The molecule has 0 unspecified atom stereocenters. The summed E-state index contributed by atoms with van der Waals surface area (Å²) in [6.45, 7) is 7.92. The Labute approximate surface area is 183 Å². The van der Waals surface area contributed by atoms with Gasteiger partial charge in [-0.2, -0.15) is 0 Å². The first-order valence-corrected chi connectivity index (χ1v) is 10.5. The Morgan fingerprint density at radius 1 is 0.968 bits per heavy atom. The molecule has 31 heavy (non-hydrogen) atoms. The van der Waals surface area contributed by atoms with Crippen molar-refractivity contribution in [3.05, 3.63) is 59.7 Å². The van der Waals surface area contributed by atoms with Crippen molar-refractivity contribution in [3.8, 4) is 5.75 Å². The zero-order valence-electron chi connectivity index (χ0n) is 18.5. The summed E-state index contributed by atoms with van der Waals surface area (Å²) in [6.07, 6.45) is 0.788. The molecule has 7 heteroatoms. The molecule has 1 atom stereocenters. The van der Waals surface area contributed by atoms with Crippen LogP contribution < -0.4 is 20.7 Å². The largest absolute Gasteiger partial charge is 0.494 e. The molecule has 3 amide bonds. The summed E-state index contributed by atoms with van der Waals surface area (Å²) in [4.78, 5) is 37.5. The smallest absolute Gasteiger partial charge is 0.251 e. The maximum atomic E-state index is 12.6. The number of aryl methyl sites for hydroxylation is 1. The predicted molar refractivity (Wildman–Crippen MR) is 121 cm³/mol. The number of hydrogen-bond donors (Lipinski definition) is 3.